The van der Waals surface area contributed by atoms with Crippen molar-refractivity contribution in [3.05, 3.63) is 35.9 Å². The average Bonchev–Trinajstić information content (AvgIpc) is 2.71. The zero-order valence-corrected chi connectivity index (χ0v) is 13.7. The Morgan fingerprint density at radius 2 is 1.71 bits per heavy atom. The maximum absolute atomic E-state index is 13.1. The van der Waals surface area contributed by atoms with Crippen LogP contribution in [0.4, 0.5) is 13.2 Å². The Morgan fingerprint density at radius 3 is 2.29 bits per heavy atom. The van der Waals surface area contributed by atoms with Crippen LogP contribution in [0.2, 0.25) is 0 Å². The summed E-state index contributed by atoms with van der Waals surface area (Å²) in [7, 11) is 0. The van der Waals surface area contributed by atoms with E-state index in [1.54, 1.807) is 4.90 Å². The van der Waals surface area contributed by atoms with Crippen molar-refractivity contribution in [3.8, 4) is 0 Å². The fraction of sp³-hybridized carbons (Fsp3) is 0.611. The van der Waals surface area contributed by atoms with E-state index < -0.39 is 18.1 Å². The summed E-state index contributed by atoms with van der Waals surface area (Å²) < 4.78 is 37.7. The molecule has 1 aliphatic heterocycles. The molecule has 132 valence electrons. The summed E-state index contributed by atoms with van der Waals surface area (Å²) in [5, 5.41) is 0. The fourth-order valence-electron chi connectivity index (χ4n) is 3.80. The quantitative estimate of drug-likeness (QED) is 0.844. The Kier molecular flexibility index (Phi) is 4.85. The second-order valence-corrected chi connectivity index (χ2v) is 6.84. The molecule has 1 saturated heterocycles. The van der Waals surface area contributed by atoms with Gasteiger partial charge in [-0.05, 0) is 24.8 Å². The van der Waals surface area contributed by atoms with Gasteiger partial charge in [-0.3, -0.25) is 9.69 Å². The molecule has 0 unspecified atom stereocenters. The van der Waals surface area contributed by atoms with E-state index in [-0.39, 0.29) is 12.5 Å². The monoisotopic (exact) mass is 340 g/mol. The highest BCUT2D eigenvalue weighted by Crippen LogP contribution is 2.45. The molecule has 1 aromatic carbocycles. The van der Waals surface area contributed by atoms with Crippen molar-refractivity contribution in [2.75, 3.05) is 32.7 Å². The number of carbonyl (C=O) groups excluding carboxylic acids is 1. The molecule has 0 atom stereocenters. The molecule has 1 aliphatic carbocycles. The Labute approximate surface area is 140 Å². The molecule has 0 spiro atoms. The van der Waals surface area contributed by atoms with Crippen molar-refractivity contribution in [1.29, 1.82) is 0 Å². The third-order valence-corrected chi connectivity index (χ3v) is 5.22. The van der Waals surface area contributed by atoms with Gasteiger partial charge < -0.3 is 4.90 Å². The van der Waals surface area contributed by atoms with E-state index in [0.717, 1.165) is 24.8 Å². The van der Waals surface area contributed by atoms with Gasteiger partial charge in [-0.15, -0.1) is 0 Å². The molecule has 0 bridgehead atoms. The van der Waals surface area contributed by atoms with Gasteiger partial charge in [0.1, 0.15) is 0 Å². The van der Waals surface area contributed by atoms with Crippen molar-refractivity contribution >= 4 is 5.91 Å². The maximum Gasteiger partial charge on any atom is 0.401 e. The van der Waals surface area contributed by atoms with Crippen LogP contribution < -0.4 is 0 Å². The first kappa shape index (κ1) is 17.3. The van der Waals surface area contributed by atoms with Gasteiger partial charge in [-0.1, -0.05) is 36.8 Å². The third kappa shape index (κ3) is 3.58. The Hall–Kier alpha value is -1.56. The zero-order chi connectivity index (χ0) is 17.2. The van der Waals surface area contributed by atoms with Gasteiger partial charge in [0.25, 0.3) is 0 Å². The molecule has 0 radical (unpaired) electrons. The van der Waals surface area contributed by atoms with Crippen LogP contribution in [-0.2, 0) is 10.2 Å². The average molecular weight is 340 g/mol. The minimum Gasteiger partial charge on any atom is -0.341 e. The molecular formula is C18H23F3N2O. The van der Waals surface area contributed by atoms with E-state index in [0.29, 0.717) is 26.1 Å². The fourth-order valence-corrected chi connectivity index (χ4v) is 3.80. The van der Waals surface area contributed by atoms with Crippen LogP contribution in [0.1, 0.15) is 31.2 Å². The normalized spacial score (nSPS) is 21.9. The van der Waals surface area contributed by atoms with Crippen LogP contribution in [0.25, 0.3) is 0 Å². The minimum absolute atomic E-state index is 0.0915. The summed E-state index contributed by atoms with van der Waals surface area (Å²) in [6.45, 7) is 0.710. The largest absolute Gasteiger partial charge is 0.401 e. The number of hydrogen-bond donors (Lipinski definition) is 0. The summed E-state index contributed by atoms with van der Waals surface area (Å²) in [6, 6.07) is 9.79. The van der Waals surface area contributed by atoms with Crippen LogP contribution in [0.15, 0.2) is 30.3 Å². The zero-order valence-electron chi connectivity index (χ0n) is 13.7. The van der Waals surface area contributed by atoms with Gasteiger partial charge in [0.05, 0.1) is 12.0 Å². The highest BCUT2D eigenvalue weighted by molar-refractivity contribution is 5.89. The molecule has 0 N–H and O–H groups in total. The number of amides is 1. The number of hydrogen-bond acceptors (Lipinski definition) is 2. The van der Waals surface area contributed by atoms with Crippen LogP contribution in [0.5, 0.6) is 0 Å². The van der Waals surface area contributed by atoms with Crippen molar-refractivity contribution < 1.29 is 18.0 Å². The summed E-state index contributed by atoms with van der Waals surface area (Å²) in [5.41, 5.74) is 0.582. The van der Waals surface area contributed by atoms with Gasteiger partial charge >= 0.3 is 6.18 Å². The molecule has 1 aromatic rings. The van der Waals surface area contributed by atoms with Crippen LogP contribution in [0, 0.1) is 0 Å². The first-order valence-corrected chi connectivity index (χ1v) is 8.55. The number of alkyl halides is 3. The van der Waals surface area contributed by atoms with Crippen LogP contribution >= 0.6 is 0 Å². The lowest BCUT2D eigenvalue weighted by Gasteiger charge is -2.44. The molecule has 3 nitrogen and oxygen atoms in total. The van der Waals surface area contributed by atoms with Gasteiger partial charge in [0.2, 0.25) is 5.91 Å². The molecular weight excluding hydrogens is 317 g/mol. The summed E-state index contributed by atoms with van der Waals surface area (Å²) >= 11 is 0. The Morgan fingerprint density at radius 1 is 1.00 bits per heavy atom. The SMILES string of the molecule is O=C(N1CCCN(CC(F)(F)F)CC1)C1(c2ccccc2)CCC1. The number of carbonyl (C=O) groups is 1. The van der Waals surface area contributed by atoms with Crippen LogP contribution in [-0.4, -0.2) is 54.6 Å². The van der Waals surface area contributed by atoms with Gasteiger partial charge in [-0.25, -0.2) is 0 Å². The van der Waals surface area contributed by atoms with E-state index in [1.807, 2.05) is 30.3 Å². The summed E-state index contributed by atoms with van der Waals surface area (Å²) in [4.78, 5) is 16.3. The maximum atomic E-state index is 13.1. The highest BCUT2D eigenvalue weighted by atomic mass is 19.4. The van der Waals surface area contributed by atoms with Gasteiger partial charge in [0.15, 0.2) is 0 Å². The lowest BCUT2D eigenvalue weighted by molar-refractivity contribution is -0.146. The van der Waals surface area contributed by atoms with E-state index in [4.69, 9.17) is 0 Å². The van der Waals surface area contributed by atoms with Gasteiger partial charge in [0, 0.05) is 26.2 Å². The minimum atomic E-state index is -4.18. The second kappa shape index (κ2) is 6.75. The second-order valence-electron chi connectivity index (χ2n) is 6.84. The molecule has 1 amide bonds. The standard InChI is InChI=1S/C18H23F3N2O/c19-18(20,21)14-22-10-5-11-23(13-12-22)16(24)17(8-4-9-17)15-6-2-1-3-7-15/h1-3,6-7H,4-5,8-14H2. The molecule has 1 saturated carbocycles. The third-order valence-electron chi connectivity index (χ3n) is 5.22. The molecule has 2 aliphatic rings. The molecule has 24 heavy (non-hydrogen) atoms. The van der Waals surface area contributed by atoms with Crippen molar-refractivity contribution in [1.82, 2.24) is 9.80 Å². The van der Waals surface area contributed by atoms with Crippen LogP contribution in [0.3, 0.4) is 0 Å². The summed E-state index contributed by atoms with van der Waals surface area (Å²) in [5.74, 6) is 0.0915. The number of benzene rings is 1. The number of halogens is 3. The molecule has 6 heteroatoms. The van der Waals surface area contributed by atoms with E-state index >= 15 is 0 Å². The van der Waals surface area contributed by atoms with Gasteiger partial charge in [-0.2, -0.15) is 13.2 Å². The Bertz CT molecular complexity index is 569. The number of nitrogens with zero attached hydrogens (tertiary/aromatic N) is 2. The van der Waals surface area contributed by atoms with E-state index in [1.165, 1.54) is 4.90 Å². The smallest absolute Gasteiger partial charge is 0.341 e. The van der Waals surface area contributed by atoms with E-state index in [2.05, 4.69) is 0 Å². The molecule has 0 aromatic heterocycles. The first-order valence-electron chi connectivity index (χ1n) is 8.55. The molecule has 2 fully saturated rings. The predicted octanol–water partition coefficient (Wildman–Crippen LogP) is 3.20. The first-order chi connectivity index (χ1) is 11.4. The van der Waals surface area contributed by atoms with Crippen molar-refractivity contribution in [2.24, 2.45) is 0 Å². The van der Waals surface area contributed by atoms with Crippen molar-refractivity contribution in [2.45, 2.75) is 37.3 Å². The Balaban J connectivity index is 1.69. The number of rotatable bonds is 3. The molecule has 1 heterocycles. The predicted molar refractivity (Wildman–Crippen MR) is 85.7 cm³/mol. The highest BCUT2D eigenvalue weighted by Gasteiger charge is 2.47. The molecule has 3 rings (SSSR count). The topological polar surface area (TPSA) is 23.6 Å². The lowest BCUT2D eigenvalue weighted by atomic mass is 9.63. The lowest BCUT2D eigenvalue weighted by Crippen LogP contribution is -2.52. The van der Waals surface area contributed by atoms with E-state index in [9.17, 15) is 18.0 Å². The van der Waals surface area contributed by atoms with Crippen molar-refractivity contribution in [3.63, 3.8) is 0 Å². The summed E-state index contributed by atoms with van der Waals surface area (Å²) in [6.07, 6.45) is -0.906.